The molecule has 2 heterocycles. The van der Waals surface area contributed by atoms with E-state index in [1.165, 1.54) is 11.3 Å². The Labute approximate surface area is 207 Å². The molecule has 0 fully saturated rings. The molecule has 1 unspecified atom stereocenters. The van der Waals surface area contributed by atoms with Gasteiger partial charge in [0.05, 0.1) is 0 Å². The zero-order chi connectivity index (χ0) is 24.2. The number of carbonyl (C=O) groups excluding carboxylic acids is 2. The molecule has 2 amide bonds. The third kappa shape index (κ3) is 4.80. The zero-order valence-electron chi connectivity index (χ0n) is 19.0. The highest BCUT2D eigenvalue weighted by Gasteiger charge is 2.37. The smallest absolute Gasteiger partial charge is 0.255 e. The number of thiazole rings is 1. The molecule has 1 aliphatic rings. The highest BCUT2D eigenvalue weighted by Crippen LogP contribution is 2.35. The van der Waals surface area contributed by atoms with Crippen LogP contribution in [0, 0.1) is 0 Å². The van der Waals surface area contributed by atoms with Gasteiger partial charge in [0.15, 0.2) is 5.13 Å². The van der Waals surface area contributed by atoms with E-state index in [1.807, 2.05) is 72.8 Å². The molecule has 0 bridgehead atoms. The van der Waals surface area contributed by atoms with E-state index in [0.717, 1.165) is 27.9 Å². The van der Waals surface area contributed by atoms with Crippen LogP contribution in [0.25, 0.3) is 11.1 Å². The second-order valence-corrected chi connectivity index (χ2v) is 9.13. The molecule has 0 radical (unpaired) electrons. The monoisotopic (exact) mass is 483 g/mol. The second kappa shape index (κ2) is 10.1. The summed E-state index contributed by atoms with van der Waals surface area (Å²) in [6.07, 6.45) is 1.64. The number of nitrogens with one attached hydrogen (secondary N) is 2. The first-order valence-electron chi connectivity index (χ1n) is 11.4. The van der Waals surface area contributed by atoms with Crippen LogP contribution >= 0.6 is 11.3 Å². The lowest BCUT2D eigenvalue weighted by Crippen LogP contribution is -2.37. The van der Waals surface area contributed by atoms with Gasteiger partial charge < -0.3 is 16.0 Å². The molecule has 0 spiro atoms. The number of rotatable bonds is 8. The fourth-order valence-electron chi connectivity index (χ4n) is 4.28. The summed E-state index contributed by atoms with van der Waals surface area (Å²) >= 11 is 1.34. The Morgan fingerprint density at radius 1 is 1.06 bits per heavy atom. The molecule has 3 aromatic carbocycles. The van der Waals surface area contributed by atoms with E-state index in [9.17, 15) is 9.59 Å². The van der Waals surface area contributed by atoms with Gasteiger partial charge in [-0.15, -0.1) is 11.3 Å². The molecule has 5 rings (SSSR count). The third-order valence-electron chi connectivity index (χ3n) is 5.97. The van der Waals surface area contributed by atoms with Gasteiger partial charge in [0.25, 0.3) is 11.8 Å². The zero-order valence-corrected chi connectivity index (χ0v) is 19.8. The fraction of sp³-hybridized carbons (Fsp3) is 0.148. The summed E-state index contributed by atoms with van der Waals surface area (Å²) in [6, 6.07) is 22.6. The summed E-state index contributed by atoms with van der Waals surface area (Å²) in [6.45, 7) is 1.64. The fourth-order valence-corrected chi connectivity index (χ4v) is 4.81. The molecule has 8 heteroatoms. The van der Waals surface area contributed by atoms with E-state index in [1.54, 1.807) is 16.5 Å². The van der Waals surface area contributed by atoms with Gasteiger partial charge in [0.2, 0.25) is 0 Å². The van der Waals surface area contributed by atoms with E-state index in [-0.39, 0.29) is 11.8 Å². The Hall–Kier alpha value is -4.01. The highest BCUT2D eigenvalue weighted by atomic mass is 32.1. The summed E-state index contributed by atoms with van der Waals surface area (Å²) in [5.74, 6) is -0.445. The van der Waals surface area contributed by atoms with Crippen LogP contribution in [-0.4, -0.2) is 34.8 Å². The predicted octanol–water partition coefficient (Wildman–Crippen LogP) is 4.52. The quantitative estimate of drug-likeness (QED) is 0.342. The second-order valence-electron chi connectivity index (χ2n) is 8.24. The SMILES string of the molecule is NCCNc1ccc(-c2ccc3c(c2)C(=O)N(C(C(=O)Nc2nccs2)c2ccccc2)C3)cc1. The number of hydrogen-bond donors (Lipinski definition) is 3. The molecule has 1 aromatic heterocycles. The van der Waals surface area contributed by atoms with Gasteiger partial charge in [-0.1, -0.05) is 54.6 Å². The summed E-state index contributed by atoms with van der Waals surface area (Å²) in [5, 5.41) is 8.42. The van der Waals surface area contributed by atoms with Crippen LogP contribution in [0.5, 0.6) is 0 Å². The van der Waals surface area contributed by atoms with Gasteiger partial charge >= 0.3 is 0 Å². The maximum absolute atomic E-state index is 13.6. The molecule has 4 aromatic rings. The minimum atomic E-state index is -0.767. The average molecular weight is 484 g/mol. The van der Waals surface area contributed by atoms with Crippen molar-refractivity contribution in [3.8, 4) is 11.1 Å². The minimum absolute atomic E-state index is 0.161. The van der Waals surface area contributed by atoms with Crippen molar-refractivity contribution in [1.82, 2.24) is 9.88 Å². The molecule has 0 aliphatic carbocycles. The van der Waals surface area contributed by atoms with Gasteiger partial charge in [-0.05, 0) is 40.5 Å². The highest BCUT2D eigenvalue weighted by molar-refractivity contribution is 7.13. The van der Waals surface area contributed by atoms with Crippen LogP contribution in [0.2, 0.25) is 0 Å². The van der Waals surface area contributed by atoms with E-state index < -0.39 is 6.04 Å². The van der Waals surface area contributed by atoms with E-state index in [2.05, 4.69) is 15.6 Å². The van der Waals surface area contributed by atoms with Gasteiger partial charge in [-0.2, -0.15) is 0 Å². The minimum Gasteiger partial charge on any atom is -0.384 e. The largest absolute Gasteiger partial charge is 0.384 e. The number of hydrogen-bond acceptors (Lipinski definition) is 6. The summed E-state index contributed by atoms with van der Waals surface area (Å²) in [5.41, 5.74) is 10.8. The van der Waals surface area contributed by atoms with Crippen molar-refractivity contribution in [2.24, 2.45) is 5.73 Å². The summed E-state index contributed by atoms with van der Waals surface area (Å²) in [7, 11) is 0. The maximum Gasteiger partial charge on any atom is 0.255 e. The Morgan fingerprint density at radius 2 is 1.83 bits per heavy atom. The molecule has 4 N–H and O–H groups in total. The van der Waals surface area contributed by atoms with Crippen LogP contribution in [0.4, 0.5) is 10.8 Å². The molecular weight excluding hydrogens is 458 g/mol. The maximum atomic E-state index is 13.6. The van der Waals surface area contributed by atoms with Crippen LogP contribution in [-0.2, 0) is 11.3 Å². The number of nitrogens with two attached hydrogens (primary N) is 1. The Morgan fingerprint density at radius 3 is 2.54 bits per heavy atom. The van der Waals surface area contributed by atoms with Crippen LogP contribution in [0.15, 0.2) is 84.4 Å². The van der Waals surface area contributed by atoms with Crippen molar-refractivity contribution < 1.29 is 9.59 Å². The molecule has 176 valence electrons. The Kier molecular flexibility index (Phi) is 6.56. The average Bonchev–Trinajstić information content (AvgIpc) is 3.52. The Balaban J connectivity index is 1.42. The molecule has 1 aliphatic heterocycles. The number of anilines is 2. The van der Waals surface area contributed by atoms with Crippen molar-refractivity contribution in [3.63, 3.8) is 0 Å². The first-order valence-corrected chi connectivity index (χ1v) is 12.3. The van der Waals surface area contributed by atoms with Gasteiger partial charge in [-0.25, -0.2) is 4.98 Å². The van der Waals surface area contributed by atoms with Crippen molar-refractivity contribution in [1.29, 1.82) is 0 Å². The third-order valence-corrected chi connectivity index (χ3v) is 6.66. The summed E-state index contributed by atoms with van der Waals surface area (Å²) < 4.78 is 0. The lowest BCUT2D eigenvalue weighted by Gasteiger charge is -2.27. The first kappa shape index (κ1) is 22.8. The molecular formula is C27H25N5O2S. The first-order chi connectivity index (χ1) is 17.1. The molecule has 1 atom stereocenters. The lowest BCUT2D eigenvalue weighted by molar-refractivity contribution is -0.120. The van der Waals surface area contributed by atoms with Crippen molar-refractivity contribution in [2.75, 3.05) is 23.7 Å². The molecule has 0 saturated carbocycles. The van der Waals surface area contributed by atoms with E-state index >= 15 is 0 Å². The number of carbonyl (C=O) groups is 2. The van der Waals surface area contributed by atoms with E-state index in [0.29, 0.717) is 30.3 Å². The number of amides is 2. The van der Waals surface area contributed by atoms with Crippen molar-refractivity contribution >= 4 is 34.0 Å². The van der Waals surface area contributed by atoms with Crippen LogP contribution in [0.3, 0.4) is 0 Å². The molecule has 7 nitrogen and oxygen atoms in total. The number of fused-ring (bicyclic) bond motifs is 1. The van der Waals surface area contributed by atoms with Crippen LogP contribution < -0.4 is 16.4 Å². The van der Waals surface area contributed by atoms with E-state index in [4.69, 9.17) is 5.73 Å². The number of aromatic nitrogens is 1. The standard InChI is InChI=1S/C27H25N5O2S/c28-12-13-29-22-10-8-18(9-11-22)20-6-7-21-17-32(26(34)23(21)16-20)24(19-4-2-1-3-5-19)25(33)31-27-30-14-15-35-27/h1-11,14-16,24,29H,12-13,17,28H2,(H,30,31,33). The van der Waals surface area contributed by atoms with Crippen LogP contribution in [0.1, 0.15) is 27.5 Å². The number of nitrogens with zero attached hydrogens (tertiary/aromatic N) is 2. The van der Waals surface area contributed by atoms with Gasteiger partial charge in [0, 0.05) is 42.5 Å². The van der Waals surface area contributed by atoms with Crippen molar-refractivity contribution in [3.05, 3.63) is 101 Å². The summed E-state index contributed by atoms with van der Waals surface area (Å²) in [4.78, 5) is 32.7. The van der Waals surface area contributed by atoms with Gasteiger partial charge in [-0.3, -0.25) is 14.9 Å². The number of benzene rings is 3. The molecule has 35 heavy (non-hydrogen) atoms. The predicted molar refractivity (Wildman–Crippen MR) is 139 cm³/mol. The lowest BCUT2D eigenvalue weighted by atomic mass is 10.00. The normalized spacial score (nSPS) is 13.4. The Bertz CT molecular complexity index is 1320. The van der Waals surface area contributed by atoms with Crippen molar-refractivity contribution in [2.45, 2.75) is 12.6 Å². The molecule has 0 saturated heterocycles. The van der Waals surface area contributed by atoms with Gasteiger partial charge in [0.1, 0.15) is 6.04 Å². The topological polar surface area (TPSA) is 100 Å².